The first-order valence-electron chi connectivity index (χ1n) is 4.19. The number of benzene rings is 1. The molecule has 4 nitrogen and oxygen atoms in total. The van der Waals surface area contributed by atoms with Gasteiger partial charge in [0.05, 0.1) is 4.90 Å². The summed E-state index contributed by atoms with van der Waals surface area (Å²) >= 11 is 0.880. The third-order valence-corrected chi connectivity index (χ3v) is 4.70. The fourth-order valence-electron chi connectivity index (χ4n) is 1.10. The van der Waals surface area contributed by atoms with Gasteiger partial charge in [-0.25, -0.2) is 13.4 Å². The van der Waals surface area contributed by atoms with E-state index in [9.17, 15) is 8.42 Å². The standard InChI is InChI=1S/C9H8N2O2S2/c1-7-2-4-8(5-3-7)15(12,13)9-10-6-11-14-9/h2-6H,1H3. The summed E-state index contributed by atoms with van der Waals surface area (Å²) in [5.41, 5.74) is 1.02. The molecule has 0 bridgehead atoms. The van der Waals surface area contributed by atoms with E-state index in [2.05, 4.69) is 9.36 Å². The van der Waals surface area contributed by atoms with Crippen molar-refractivity contribution in [2.75, 3.05) is 0 Å². The molecule has 0 N–H and O–H groups in total. The van der Waals surface area contributed by atoms with E-state index in [1.54, 1.807) is 24.3 Å². The smallest absolute Gasteiger partial charge is 0.216 e. The average molecular weight is 240 g/mol. The van der Waals surface area contributed by atoms with Crippen LogP contribution >= 0.6 is 11.5 Å². The van der Waals surface area contributed by atoms with Crippen LogP contribution in [0.15, 0.2) is 39.8 Å². The minimum absolute atomic E-state index is 0.0337. The summed E-state index contributed by atoms with van der Waals surface area (Å²) in [4.78, 5) is 3.96. The molecular formula is C9H8N2O2S2. The van der Waals surface area contributed by atoms with Crippen LogP contribution in [0.5, 0.6) is 0 Å². The second kappa shape index (κ2) is 3.71. The van der Waals surface area contributed by atoms with Crippen LogP contribution in [0.1, 0.15) is 5.56 Å². The molecule has 2 rings (SSSR count). The van der Waals surface area contributed by atoms with Gasteiger partial charge >= 0.3 is 0 Å². The Balaban J connectivity index is 2.52. The highest BCUT2D eigenvalue weighted by Gasteiger charge is 2.20. The molecule has 0 spiro atoms. The molecule has 15 heavy (non-hydrogen) atoms. The largest absolute Gasteiger partial charge is 0.235 e. The Morgan fingerprint density at radius 2 is 1.87 bits per heavy atom. The molecule has 1 aromatic heterocycles. The first-order chi connectivity index (χ1) is 7.10. The molecule has 0 amide bonds. The molecule has 1 heterocycles. The third-order valence-electron chi connectivity index (χ3n) is 1.90. The van der Waals surface area contributed by atoms with Crippen molar-refractivity contribution in [2.24, 2.45) is 0 Å². The van der Waals surface area contributed by atoms with E-state index in [1.165, 1.54) is 6.33 Å². The van der Waals surface area contributed by atoms with Gasteiger partial charge in [0.2, 0.25) is 14.2 Å². The molecule has 6 heteroatoms. The summed E-state index contributed by atoms with van der Waals surface area (Å²) in [6.45, 7) is 1.90. The molecule has 0 aliphatic carbocycles. The quantitative estimate of drug-likeness (QED) is 0.801. The Morgan fingerprint density at radius 1 is 1.20 bits per heavy atom. The number of sulfone groups is 1. The number of hydrogen-bond donors (Lipinski definition) is 0. The minimum Gasteiger partial charge on any atom is -0.216 e. The van der Waals surface area contributed by atoms with Crippen molar-refractivity contribution in [1.82, 2.24) is 9.36 Å². The van der Waals surface area contributed by atoms with E-state index in [-0.39, 0.29) is 9.24 Å². The van der Waals surface area contributed by atoms with Crippen LogP contribution in [-0.2, 0) is 9.84 Å². The molecule has 2 aromatic rings. The summed E-state index contributed by atoms with van der Waals surface area (Å²) < 4.78 is 27.5. The predicted molar refractivity (Wildman–Crippen MR) is 56.5 cm³/mol. The number of aryl methyl sites for hydroxylation is 1. The highest BCUT2D eigenvalue weighted by atomic mass is 32.2. The number of hydrogen-bond acceptors (Lipinski definition) is 5. The highest BCUT2D eigenvalue weighted by Crippen LogP contribution is 2.21. The normalized spacial score (nSPS) is 11.5. The van der Waals surface area contributed by atoms with Crippen molar-refractivity contribution < 1.29 is 8.42 Å². The Hall–Kier alpha value is -1.27. The van der Waals surface area contributed by atoms with E-state index in [0.717, 1.165) is 17.1 Å². The van der Waals surface area contributed by atoms with Gasteiger partial charge in [-0.15, -0.1) is 0 Å². The lowest BCUT2D eigenvalue weighted by Gasteiger charge is -1.99. The zero-order valence-corrected chi connectivity index (χ0v) is 9.55. The van der Waals surface area contributed by atoms with E-state index in [4.69, 9.17) is 0 Å². The van der Waals surface area contributed by atoms with E-state index >= 15 is 0 Å². The van der Waals surface area contributed by atoms with E-state index in [0.29, 0.717) is 0 Å². The van der Waals surface area contributed by atoms with Gasteiger partial charge in [-0.1, -0.05) is 17.7 Å². The van der Waals surface area contributed by atoms with Crippen molar-refractivity contribution in [2.45, 2.75) is 16.2 Å². The maximum Gasteiger partial charge on any atom is 0.235 e. The molecule has 0 fully saturated rings. The summed E-state index contributed by atoms with van der Waals surface area (Å²) in [5.74, 6) is 0. The van der Waals surface area contributed by atoms with Crippen LogP contribution in [0.2, 0.25) is 0 Å². The zero-order valence-electron chi connectivity index (χ0n) is 7.91. The van der Waals surface area contributed by atoms with Gasteiger partial charge in [0, 0.05) is 0 Å². The lowest BCUT2D eigenvalue weighted by atomic mass is 10.2. The molecular weight excluding hydrogens is 232 g/mol. The Kier molecular flexibility index (Phi) is 2.54. The van der Waals surface area contributed by atoms with Gasteiger partial charge in [-0.2, -0.15) is 4.37 Å². The third kappa shape index (κ3) is 1.91. The highest BCUT2D eigenvalue weighted by molar-refractivity contribution is 7.93. The summed E-state index contributed by atoms with van der Waals surface area (Å²) in [6, 6.07) is 6.67. The van der Waals surface area contributed by atoms with E-state index < -0.39 is 9.84 Å². The molecule has 1 aromatic carbocycles. The van der Waals surface area contributed by atoms with Crippen LogP contribution in [0.4, 0.5) is 0 Å². The van der Waals surface area contributed by atoms with Crippen LogP contribution in [0, 0.1) is 6.92 Å². The number of aromatic nitrogens is 2. The fourth-order valence-corrected chi connectivity index (χ4v) is 3.07. The Bertz CT molecular complexity index is 544. The molecule has 0 aliphatic rings. The average Bonchev–Trinajstić information content (AvgIpc) is 2.71. The molecule has 0 aliphatic heterocycles. The predicted octanol–water partition coefficient (Wildman–Crippen LogP) is 1.68. The van der Waals surface area contributed by atoms with Gasteiger partial charge in [-0.3, -0.25) is 0 Å². The molecule has 0 radical (unpaired) electrons. The first kappa shape index (κ1) is 10.3. The van der Waals surface area contributed by atoms with Crippen molar-refractivity contribution in [1.29, 1.82) is 0 Å². The van der Waals surface area contributed by atoms with Gasteiger partial charge in [0.15, 0.2) is 0 Å². The maximum atomic E-state index is 11.9. The molecule has 0 unspecified atom stereocenters. The van der Waals surface area contributed by atoms with Crippen LogP contribution in [0.25, 0.3) is 0 Å². The van der Waals surface area contributed by atoms with E-state index in [1.807, 2.05) is 6.92 Å². The summed E-state index contributed by atoms with van der Waals surface area (Å²) in [5, 5.41) is 0. The Labute approximate surface area is 91.7 Å². The SMILES string of the molecule is Cc1ccc(S(=O)(=O)c2ncns2)cc1. The maximum absolute atomic E-state index is 11.9. The molecule has 0 saturated carbocycles. The summed E-state index contributed by atoms with van der Waals surface area (Å²) in [6.07, 6.45) is 1.24. The Morgan fingerprint density at radius 3 is 2.40 bits per heavy atom. The lowest BCUT2D eigenvalue weighted by Crippen LogP contribution is -2.00. The minimum atomic E-state index is -3.47. The molecule has 0 saturated heterocycles. The zero-order chi connectivity index (χ0) is 10.9. The van der Waals surface area contributed by atoms with Crippen molar-refractivity contribution in [3.05, 3.63) is 36.2 Å². The van der Waals surface area contributed by atoms with Crippen molar-refractivity contribution >= 4 is 21.4 Å². The van der Waals surface area contributed by atoms with Gasteiger partial charge in [0.1, 0.15) is 6.33 Å². The van der Waals surface area contributed by atoms with Crippen LogP contribution in [0.3, 0.4) is 0 Å². The second-order valence-electron chi connectivity index (χ2n) is 3.02. The number of nitrogens with zero attached hydrogens (tertiary/aromatic N) is 2. The first-order valence-corrected chi connectivity index (χ1v) is 6.45. The van der Waals surface area contributed by atoms with Crippen molar-refractivity contribution in [3.63, 3.8) is 0 Å². The summed E-state index contributed by atoms with van der Waals surface area (Å²) in [7, 11) is -3.47. The van der Waals surface area contributed by atoms with Gasteiger partial charge in [0.25, 0.3) is 0 Å². The molecule has 78 valence electrons. The second-order valence-corrected chi connectivity index (χ2v) is 5.93. The van der Waals surface area contributed by atoms with Gasteiger partial charge < -0.3 is 0 Å². The molecule has 0 atom stereocenters. The lowest BCUT2D eigenvalue weighted by molar-refractivity contribution is 0.595. The fraction of sp³-hybridized carbons (Fsp3) is 0.111. The number of rotatable bonds is 2. The van der Waals surface area contributed by atoms with Gasteiger partial charge in [-0.05, 0) is 30.6 Å². The van der Waals surface area contributed by atoms with Crippen LogP contribution in [-0.4, -0.2) is 17.8 Å². The topological polar surface area (TPSA) is 59.9 Å². The van der Waals surface area contributed by atoms with Crippen molar-refractivity contribution in [3.8, 4) is 0 Å². The van der Waals surface area contributed by atoms with Crippen LogP contribution < -0.4 is 0 Å². The monoisotopic (exact) mass is 240 g/mol.